The minimum absolute atomic E-state index is 0.0495. The molecule has 0 saturated heterocycles. The molecule has 1 aromatic rings. The quantitative estimate of drug-likeness (QED) is 0.781. The van der Waals surface area contributed by atoms with Crippen LogP contribution < -0.4 is 5.32 Å². The molecule has 0 saturated carbocycles. The number of rotatable bonds is 7. The topological polar surface area (TPSA) is 72.5 Å². The molecule has 1 amide bonds. The first-order valence-electron chi connectivity index (χ1n) is 6.74. The van der Waals surface area contributed by atoms with Crippen molar-refractivity contribution >= 4 is 17.7 Å². The molecule has 0 aliphatic heterocycles. The van der Waals surface area contributed by atoms with Crippen LogP contribution >= 0.6 is 0 Å². The number of nitrogens with one attached hydrogen (secondary N) is 1. The summed E-state index contributed by atoms with van der Waals surface area (Å²) >= 11 is 0. The Bertz CT molecular complexity index is 575. The number of Topliss-reactive ketones (excluding diaryl/α,β-unsaturated/α-hetero) is 1. The third kappa shape index (κ3) is 4.91. The number of hydrogen-bond donors (Lipinski definition) is 1. The Morgan fingerprint density at radius 3 is 2.50 bits per heavy atom. The second-order valence-electron chi connectivity index (χ2n) is 4.60. The number of methoxy groups -OCH3 is 1. The van der Waals surface area contributed by atoms with Gasteiger partial charge >= 0.3 is 5.97 Å². The minimum atomic E-state index is -1.07. The Kier molecular flexibility index (Phi) is 6.62. The first-order chi connectivity index (χ1) is 10.4. The summed E-state index contributed by atoms with van der Waals surface area (Å²) < 4.78 is 30.9. The van der Waals surface area contributed by atoms with Gasteiger partial charge in [-0.2, -0.15) is 0 Å². The molecule has 1 rings (SSSR count). The van der Waals surface area contributed by atoms with Gasteiger partial charge in [-0.25, -0.2) is 13.6 Å². The number of benzene rings is 1. The highest BCUT2D eigenvalue weighted by Crippen LogP contribution is 2.11. The molecule has 0 heterocycles. The lowest BCUT2D eigenvalue weighted by molar-refractivity contribution is -0.143. The van der Waals surface area contributed by atoms with E-state index >= 15 is 0 Å². The smallest absolute Gasteiger partial charge is 0.328 e. The van der Waals surface area contributed by atoms with Crippen LogP contribution in [0.3, 0.4) is 0 Å². The Hall–Kier alpha value is -2.31. The van der Waals surface area contributed by atoms with Crippen LogP contribution in [0.15, 0.2) is 18.2 Å². The molecule has 0 bridgehead atoms. The van der Waals surface area contributed by atoms with Gasteiger partial charge in [0, 0.05) is 18.9 Å². The number of esters is 1. The number of ether oxygens (including phenoxy) is 1. The predicted octanol–water partition coefficient (Wildman–Crippen LogP) is 2.00. The Balaban J connectivity index is 2.81. The molecule has 0 unspecified atom stereocenters. The van der Waals surface area contributed by atoms with E-state index in [-0.39, 0.29) is 18.6 Å². The summed E-state index contributed by atoms with van der Waals surface area (Å²) in [6, 6.07) is 1.41. The van der Waals surface area contributed by atoms with E-state index in [1.807, 2.05) is 0 Å². The highest BCUT2D eigenvalue weighted by molar-refractivity contribution is 5.97. The highest BCUT2D eigenvalue weighted by Gasteiger charge is 2.24. The van der Waals surface area contributed by atoms with Gasteiger partial charge < -0.3 is 10.1 Å². The second kappa shape index (κ2) is 8.21. The van der Waals surface area contributed by atoms with Crippen molar-refractivity contribution in [3.8, 4) is 0 Å². The monoisotopic (exact) mass is 313 g/mol. The standard InChI is InChI=1S/C15H17F2NO4/c1-3-10(19)5-7-13(15(21)22-2)18-14(20)11-6-4-9(16)8-12(11)17/h4,6,8,13H,3,5,7H2,1-2H3,(H,18,20)/t13-/m0/s1. The molecule has 1 aromatic carbocycles. The van der Waals surface area contributed by atoms with Crippen molar-refractivity contribution < 1.29 is 27.9 Å². The summed E-state index contributed by atoms with van der Waals surface area (Å²) in [7, 11) is 1.14. The number of carbonyl (C=O) groups is 3. The van der Waals surface area contributed by atoms with Gasteiger partial charge in [0.05, 0.1) is 12.7 Å². The Labute approximate surface area is 126 Å². The van der Waals surface area contributed by atoms with Gasteiger partial charge in [-0.3, -0.25) is 9.59 Å². The zero-order valence-electron chi connectivity index (χ0n) is 12.3. The van der Waals surface area contributed by atoms with Crippen molar-refractivity contribution in [2.24, 2.45) is 0 Å². The molecule has 0 spiro atoms. The van der Waals surface area contributed by atoms with E-state index in [2.05, 4.69) is 10.1 Å². The zero-order chi connectivity index (χ0) is 16.7. The normalized spacial score (nSPS) is 11.6. The van der Waals surface area contributed by atoms with Crippen LogP contribution in [-0.2, 0) is 14.3 Å². The van der Waals surface area contributed by atoms with Crippen molar-refractivity contribution in [3.63, 3.8) is 0 Å². The SMILES string of the molecule is CCC(=O)CC[C@H](NC(=O)c1ccc(F)cc1F)C(=O)OC. The second-order valence-corrected chi connectivity index (χ2v) is 4.60. The maximum atomic E-state index is 13.5. The van der Waals surface area contributed by atoms with E-state index in [0.29, 0.717) is 12.5 Å². The van der Waals surface area contributed by atoms with Crippen molar-refractivity contribution in [1.82, 2.24) is 5.32 Å². The molecule has 22 heavy (non-hydrogen) atoms. The van der Waals surface area contributed by atoms with E-state index in [4.69, 9.17) is 0 Å². The van der Waals surface area contributed by atoms with Crippen LogP contribution in [0.25, 0.3) is 0 Å². The van der Waals surface area contributed by atoms with Gasteiger partial charge in [-0.1, -0.05) is 6.92 Å². The number of halogens is 2. The van der Waals surface area contributed by atoms with E-state index in [1.165, 1.54) is 0 Å². The highest BCUT2D eigenvalue weighted by atomic mass is 19.1. The van der Waals surface area contributed by atoms with Gasteiger partial charge in [0.15, 0.2) is 0 Å². The first kappa shape index (κ1) is 17.7. The fourth-order valence-electron chi connectivity index (χ4n) is 1.78. The lowest BCUT2D eigenvalue weighted by atomic mass is 10.1. The number of ketones is 1. The number of hydrogen-bond acceptors (Lipinski definition) is 4. The minimum Gasteiger partial charge on any atom is -0.467 e. The summed E-state index contributed by atoms with van der Waals surface area (Å²) in [6.07, 6.45) is 0.449. The van der Waals surface area contributed by atoms with Gasteiger partial charge in [-0.05, 0) is 18.6 Å². The average molecular weight is 313 g/mol. The maximum Gasteiger partial charge on any atom is 0.328 e. The predicted molar refractivity (Wildman–Crippen MR) is 74.2 cm³/mol. The van der Waals surface area contributed by atoms with Gasteiger partial charge in [-0.15, -0.1) is 0 Å². The third-order valence-corrected chi connectivity index (χ3v) is 3.07. The molecule has 0 aromatic heterocycles. The van der Waals surface area contributed by atoms with Crippen LogP contribution in [0.1, 0.15) is 36.5 Å². The first-order valence-corrected chi connectivity index (χ1v) is 6.74. The number of amides is 1. The Morgan fingerprint density at radius 1 is 1.27 bits per heavy atom. The van der Waals surface area contributed by atoms with E-state index < -0.39 is 35.1 Å². The number of carbonyl (C=O) groups excluding carboxylic acids is 3. The third-order valence-electron chi connectivity index (χ3n) is 3.07. The van der Waals surface area contributed by atoms with Crippen molar-refractivity contribution in [3.05, 3.63) is 35.4 Å². The maximum absolute atomic E-state index is 13.5. The van der Waals surface area contributed by atoms with Gasteiger partial charge in [0.25, 0.3) is 5.91 Å². The molecule has 0 aliphatic rings. The molecule has 1 atom stereocenters. The molecule has 7 heteroatoms. The molecule has 0 fully saturated rings. The molecule has 0 aliphatic carbocycles. The van der Waals surface area contributed by atoms with Crippen LogP contribution in [0.2, 0.25) is 0 Å². The largest absolute Gasteiger partial charge is 0.467 e. The van der Waals surface area contributed by atoms with Crippen molar-refractivity contribution in [2.45, 2.75) is 32.2 Å². The van der Waals surface area contributed by atoms with Crippen LogP contribution in [0, 0.1) is 11.6 Å². The van der Waals surface area contributed by atoms with Crippen LogP contribution in [0.5, 0.6) is 0 Å². The summed E-state index contributed by atoms with van der Waals surface area (Å²) in [5.41, 5.74) is -0.392. The molecule has 5 nitrogen and oxygen atoms in total. The van der Waals surface area contributed by atoms with Crippen molar-refractivity contribution in [1.29, 1.82) is 0 Å². The van der Waals surface area contributed by atoms with Crippen molar-refractivity contribution in [2.75, 3.05) is 7.11 Å². The lowest BCUT2D eigenvalue weighted by Gasteiger charge is -2.16. The Morgan fingerprint density at radius 2 is 1.95 bits per heavy atom. The summed E-state index contributed by atoms with van der Waals surface area (Å²) in [5.74, 6) is -3.54. The molecule has 0 radical (unpaired) electrons. The van der Waals surface area contributed by atoms with Crippen LogP contribution in [-0.4, -0.2) is 30.8 Å². The fourth-order valence-corrected chi connectivity index (χ4v) is 1.78. The average Bonchev–Trinajstić information content (AvgIpc) is 2.49. The fraction of sp³-hybridized carbons (Fsp3) is 0.400. The van der Waals surface area contributed by atoms with Crippen LogP contribution in [0.4, 0.5) is 8.78 Å². The van der Waals surface area contributed by atoms with E-state index in [1.54, 1.807) is 6.92 Å². The molecule has 1 N–H and O–H groups in total. The summed E-state index contributed by atoms with van der Waals surface area (Å²) in [4.78, 5) is 34.9. The molecule has 120 valence electrons. The van der Waals surface area contributed by atoms with E-state index in [9.17, 15) is 23.2 Å². The summed E-state index contributed by atoms with van der Waals surface area (Å²) in [6.45, 7) is 1.68. The van der Waals surface area contributed by atoms with E-state index in [0.717, 1.165) is 19.2 Å². The zero-order valence-corrected chi connectivity index (χ0v) is 12.3. The molecular formula is C15H17F2NO4. The molecular weight excluding hydrogens is 296 g/mol. The summed E-state index contributed by atoms with van der Waals surface area (Å²) in [5, 5.41) is 2.30. The van der Waals surface area contributed by atoms with Gasteiger partial charge in [0.1, 0.15) is 23.5 Å². The van der Waals surface area contributed by atoms with Gasteiger partial charge in [0.2, 0.25) is 0 Å². The lowest BCUT2D eigenvalue weighted by Crippen LogP contribution is -2.42.